The molecule has 0 spiro atoms. The second kappa shape index (κ2) is 8.25. The number of hydrogen-bond acceptors (Lipinski definition) is 4. The van der Waals surface area contributed by atoms with Gasteiger partial charge in [0, 0.05) is 62.9 Å². The first kappa shape index (κ1) is 18.8. The molecule has 0 unspecified atom stereocenters. The van der Waals surface area contributed by atoms with Gasteiger partial charge in [0.25, 0.3) is 0 Å². The zero-order chi connectivity index (χ0) is 19.5. The summed E-state index contributed by atoms with van der Waals surface area (Å²) in [5.74, 6) is 0.948. The molecule has 1 fully saturated rings. The summed E-state index contributed by atoms with van der Waals surface area (Å²) < 4.78 is 7.71. The van der Waals surface area contributed by atoms with Crippen LogP contribution in [-0.4, -0.2) is 55.3 Å². The topological polar surface area (TPSA) is 46.7 Å². The summed E-state index contributed by atoms with van der Waals surface area (Å²) in [7, 11) is 3.84. The van der Waals surface area contributed by atoms with Crippen LogP contribution in [-0.2, 0) is 13.5 Å². The van der Waals surface area contributed by atoms with Crippen LogP contribution in [0.25, 0.3) is 10.9 Å². The number of ether oxygens (including phenoxy) is 1. The van der Waals surface area contributed by atoms with Crippen molar-refractivity contribution in [3.8, 4) is 5.75 Å². The molecule has 0 amide bonds. The van der Waals surface area contributed by atoms with Crippen LogP contribution in [0.4, 0.5) is 5.69 Å². The number of benzene rings is 2. The van der Waals surface area contributed by atoms with Crippen molar-refractivity contribution >= 4 is 16.6 Å². The van der Waals surface area contributed by atoms with Gasteiger partial charge in [-0.15, -0.1) is 0 Å². The van der Waals surface area contributed by atoms with E-state index in [1.54, 1.807) is 7.11 Å². The molecule has 4 rings (SSSR count). The Morgan fingerprint density at radius 1 is 1.00 bits per heavy atom. The Morgan fingerprint density at radius 3 is 2.50 bits per heavy atom. The molecule has 1 aromatic heterocycles. The third-order valence-electron chi connectivity index (χ3n) is 5.75. The Hall–Kier alpha value is -2.50. The standard InChI is InChI=1S/C23H30N4O/c1-25-16-18(20-7-3-4-8-21(20)25)15-19(24)17-26-11-13-27(14-12-26)22-9-5-6-10-23(22)28-2/h3-10,16,19H,11-15,17,24H2,1-2H3/t19-/m1/s1. The summed E-state index contributed by atoms with van der Waals surface area (Å²) >= 11 is 0. The third-order valence-corrected chi connectivity index (χ3v) is 5.75. The SMILES string of the molecule is COc1ccccc1N1CCN(C[C@H](N)Cc2cn(C)c3ccccc23)CC1. The number of methoxy groups -OCH3 is 1. The normalized spacial score (nSPS) is 16.5. The van der Waals surface area contributed by atoms with Gasteiger partial charge in [-0.05, 0) is 30.2 Å². The van der Waals surface area contributed by atoms with E-state index in [4.69, 9.17) is 10.5 Å². The van der Waals surface area contributed by atoms with Crippen LogP contribution in [0.2, 0.25) is 0 Å². The molecular formula is C23H30N4O. The molecule has 2 aromatic carbocycles. The lowest BCUT2D eigenvalue weighted by Gasteiger charge is -2.37. The van der Waals surface area contributed by atoms with Gasteiger partial charge < -0.3 is 19.9 Å². The maximum atomic E-state index is 6.54. The van der Waals surface area contributed by atoms with Gasteiger partial charge in [0.15, 0.2) is 0 Å². The van der Waals surface area contributed by atoms with E-state index in [2.05, 4.69) is 64.0 Å². The molecule has 0 bridgehead atoms. The zero-order valence-corrected chi connectivity index (χ0v) is 16.8. The summed E-state index contributed by atoms with van der Waals surface area (Å²) in [6.45, 7) is 4.99. The number of nitrogens with two attached hydrogens (primary N) is 1. The van der Waals surface area contributed by atoms with E-state index in [0.717, 1.165) is 44.9 Å². The van der Waals surface area contributed by atoms with E-state index < -0.39 is 0 Å². The quantitative estimate of drug-likeness (QED) is 0.716. The van der Waals surface area contributed by atoms with Crippen LogP contribution in [0, 0.1) is 0 Å². The number of rotatable bonds is 6. The van der Waals surface area contributed by atoms with Crippen molar-refractivity contribution in [2.45, 2.75) is 12.5 Å². The van der Waals surface area contributed by atoms with Crippen molar-refractivity contribution in [1.82, 2.24) is 9.47 Å². The van der Waals surface area contributed by atoms with Crippen LogP contribution in [0.1, 0.15) is 5.56 Å². The Morgan fingerprint density at radius 2 is 1.71 bits per heavy atom. The van der Waals surface area contributed by atoms with E-state index in [1.807, 2.05) is 12.1 Å². The first-order valence-corrected chi connectivity index (χ1v) is 10.0. The number of aromatic nitrogens is 1. The average Bonchev–Trinajstić information content (AvgIpc) is 3.04. The highest BCUT2D eigenvalue weighted by molar-refractivity contribution is 5.83. The molecule has 0 saturated carbocycles. The minimum atomic E-state index is 0.142. The minimum Gasteiger partial charge on any atom is -0.495 e. The predicted octanol–water partition coefficient (Wildman–Crippen LogP) is 2.88. The molecule has 2 heterocycles. The number of anilines is 1. The Kier molecular flexibility index (Phi) is 5.55. The maximum absolute atomic E-state index is 6.54. The molecule has 28 heavy (non-hydrogen) atoms. The highest BCUT2D eigenvalue weighted by Crippen LogP contribution is 2.28. The van der Waals surface area contributed by atoms with Gasteiger partial charge in [-0.3, -0.25) is 4.90 Å². The van der Waals surface area contributed by atoms with Gasteiger partial charge in [0.2, 0.25) is 0 Å². The van der Waals surface area contributed by atoms with Crippen LogP contribution in [0.5, 0.6) is 5.75 Å². The monoisotopic (exact) mass is 378 g/mol. The molecule has 1 atom stereocenters. The molecule has 0 radical (unpaired) electrons. The molecule has 5 nitrogen and oxygen atoms in total. The lowest BCUT2D eigenvalue weighted by Crippen LogP contribution is -2.50. The Labute approximate surface area is 167 Å². The van der Waals surface area contributed by atoms with Gasteiger partial charge in [-0.2, -0.15) is 0 Å². The predicted molar refractivity (Wildman–Crippen MR) is 116 cm³/mol. The largest absolute Gasteiger partial charge is 0.495 e. The molecule has 148 valence electrons. The van der Waals surface area contributed by atoms with Crippen LogP contribution < -0.4 is 15.4 Å². The second-order valence-electron chi connectivity index (χ2n) is 7.71. The van der Waals surface area contributed by atoms with Crippen molar-refractivity contribution in [3.63, 3.8) is 0 Å². The highest BCUT2D eigenvalue weighted by Gasteiger charge is 2.21. The fourth-order valence-corrected chi connectivity index (χ4v) is 4.33. The molecule has 1 aliphatic heterocycles. The lowest BCUT2D eigenvalue weighted by molar-refractivity contribution is 0.241. The number of aryl methyl sites for hydroxylation is 1. The molecule has 5 heteroatoms. The first-order chi connectivity index (χ1) is 13.7. The van der Waals surface area contributed by atoms with Gasteiger partial charge in [0.05, 0.1) is 12.8 Å². The fraction of sp³-hybridized carbons (Fsp3) is 0.391. The summed E-state index contributed by atoms with van der Waals surface area (Å²) in [5, 5.41) is 1.32. The summed E-state index contributed by atoms with van der Waals surface area (Å²) in [4.78, 5) is 4.90. The minimum absolute atomic E-state index is 0.142. The second-order valence-corrected chi connectivity index (χ2v) is 7.71. The van der Waals surface area contributed by atoms with Crippen molar-refractivity contribution < 1.29 is 4.74 Å². The number of fused-ring (bicyclic) bond motifs is 1. The third kappa shape index (κ3) is 3.86. The molecule has 3 aromatic rings. The molecule has 1 saturated heterocycles. The summed E-state index contributed by atoms with van der Waals surface area (Å²) in [6.07, 6.45) is 3.14. The van der Waals surface area contributed by atoms with Crippen molar-refractivity contribution in [2.75, 3.05) is 44.7 Å². The summed E-state index contributed by atoms with van der Waals surface area (Å²) in [6, 6.07) is 17.0. The van der Waals surface area contributed by atoms with E-state index in [1.165, 1.54) is 22.2 Å². The zero-order valence-electron chi connectivity index (χ0n) is 16.8. The number of piperazine rings is 1. The smallest absolute Gasteiger partial charge is 0.142 e. The number of nitrogens with zero attached hydrogens (tertiary/aromatic N) is 3. The fourth-order valence-electron chi connectivity index (χ4n) is 4.33. The van der Waals surface area contributed by atoms with Crippen molar-refractivity contribution in [3.05, 3.63) is 60.3 Å². The van der Waals surface area contributed by atoms with Gasteiger partial charge in [-0.25, -0.2) is 0 Å². The lowest BCUT2D eigenvalue weighted by atomic mass is 10.0. The van der Waals surface area contributed by atoms with E-state index >= 15 is 0 Å². The molecule has 0 aliphatic carbocycles. The maximum Gasteiger partial charge on any atom is 0.142 e. The van der Waals surface area contributed by atoms with Crippen LogP contribution >= 0.6 is 0 Å². The van der Waals surface area contributed by atoms with E-state index in [0.29, 0.717) is 0 Å². The Balaban J connectivity index is 1.34. The van der Waals surface area contributed by atoms with E-state index in [9.17, 15) is 0 Å². The van der Waals surface area contributed by atoms with Crippen molar-refractivity contribution in [1.29, 1.82) is 0 Å². The molecule has 2 N–H and O–H groups in total. The van der Waals surface area contributed by atoms with Gasteiger partial charge in [-0.1, -0.05) is 30.3 Å². The summed E-state index contributed by atoms with van der Waals surface area (Å²) in [5.41, 5.74) is 10.3. The number of para-hydroxylation sites is 3. The number of hydrogen-bond donors (Lipinski definition) is 1. The highest BCUT2D eigenvalue weighted by atomic mass is 16.5. The Bertz CT molecular complexity index is 927. The van der Waals surface area contributed by atoms with Crippen LogP contribution in [0.15, 0.2) is 54.7 Å². The van der Waals surface area contributed by atoms with Gasteiger partial charge >= 0.3 is 0 Å². The molecular weight excluding hydrogens is 348 g/mol. The first-order valence-electron chi connectivity index (χ1n) is 10.0. The van der Waals surface area contributed by atoms with Crippen molar-refractivity contribution in [2.24, 2.45) is 12.8 Å². The van der Waals surface area contributed by atoms with E-state index in [-0.39, 0.29) is 6.04 Å². The molecule has 1 aliphatic rings. The van der Waals surface area contributed by atoms with Gasteiger partial charge in [0.1, 0.15) is 5.75 Å². The average molecular weight is 379 g/mol. The van der Waals surface area contributed by atoms with Crippen LogP contribution in [0.3, 0.4) is 0 Å².